The van der Waals surface area contributed by atoms with Crippen LogP contribution in [0.4, 0.5) is 4.39 Å². The third-order valence-electron chi connectivity index (χ3n) is 7.07. The Morgan fingerprint density at radius 2 is 1.50 bits per heavy atom. The van der Waals surface area contributed by atoms with Crippen molar-refractivity contribution < 1.29 is 19.1 Å². The number of hydrogen-bond donors (Lipinski definition) is 2. The van der Waals surface area contributed by atoms with Crippen molar-refractivity contribution in [1.82, 2.24) is 9.72 Å². The Hall–Kier alpha value is -5.23. The Morgan fingerprint density at radius 1 is 0.725 bits per heavy atom. The van der Waals surface area contributed by atoms with Crippen molar-refractivity contribution >= 4 is 28.2 Å². The highest BCUT2D eigenvalue weighted by Gasteiger charge is 2.17. The van der Waals surface area contributed by atoms with Crippen LogP contribution in [0.25, 0.3) is 27.4 Å². The molecule has 196 valence electrons. The summed E-state index contributed by atoms with van der Waals surface area (Å²) >= 11 is 0. The number of carboxylic acids is 1. The predicted molar refractivity (Wildman–Crippen MR) is 154 cm³/mol. The van der Waals surface area contributed by atoms with Gasteiger partial charge in [-0.3, -0.25) is 4.79 Å². The summed E-state index contributed by atoms with van der Waals surface area (Å²) in [5.74, 6) is -1.64. The van der Waals surface area contributed by atoms with E-state index >= 15 is 0 Å². The number of benzene rings is 4. The van der Waals surface area contributed by atoms with E-state index < -0.39 is 5.97 Å². The molecule has 2 heterocycles. The smallest absolute Gasteiger partial charge is 0.335 e. The molecule has 2 N–H and O–H groups in total. The van der Waals surface area contributed by atoms with E-state index in [2.05, 4.69) is 35.6 Å². The number of carbonyl (C=O) groups excluding carboxylic acids is 1. The fourth-order valence-electron chi connectivity index (χ4n) is 5.05. The van der Waals surface area contributed by atoms with Gasteiger partial charge < -0.3 is 14.8 Å². The molecule has 6 heteroatoms. The number of pyridine rings is 1. The van der Waals surface area contributed by atoms with Crippen LogP contribution in [0.5, 0.6) is 0 Å². The predicted octanol–water partition coefficient (Wildman–Crippen LogP) is 7.12. The van der Waals surface area contributed by atoms with Gasteiger partial charge in [0.1, 0.15) is 11.5 Å². The molecule has 0 bridgehead atoms. The van der Waals surface area contributed by atoms with E-state index in [1.54, 1.807) is 24.3 Å². The summed E-state index contributed by atoms with van der Waals surface area (Å²) in [6.07, 6.45) is 0.620. The monoisotopic (exact) mass is 528 g/mol. The number of amides is 1. The molecule has 0 radical (unpaired) electrons. The molecule has 6 rings (SSSR count). The van der Waals surface area contributed by atoms with Crippen LogP contribution >= 0.6 is 0 Å². The van der Waals surface area contributed by atoms with E-state index in [-0.39, 0.29) is 23.8 Å². The highest BCUT2D eigenvalue weighted by molar-refractivity contribution is 5.95. The number of nitrogens with one attached hydrogen (secondary N) is 1. The van der Waals surface area contributed by atoms with Gasteiger partial charge in [0.25, 0.3) is 5.91 Å². The van der Waals surface area contributed by atoms with Crippen LogP contribution in [0.1, 0.15) is 37.7 Å². The van der Waals surface area contributed by atoms with Gasteiger partial charge in [0.05, 0.1) is 5.56 Å². The summed E-state index contributed by atoms with van der Waals surface area (Å²) in [7, 11) is 0. The van der Waals surface area contributed by atoms with Gasteiger partial charge in [-0.15, -0.1) is 0 Å². The van der Waals surface area contributed by atoms with Crippen molar-refractivity contribution in [2.24, 2.45) is 0 Å². The number of rotatable bonds is 7. The normalized spacial score (nSPS) is 11.1. The van der Waals surface area contributed by atoms with Crippen LogP contribution in [0.3, 0.4) is 0 Å². The molecule has 0 atom stereocenters. The van der Waals surface area contributed by atoms with Crippen molar-refractivity contribution in [3.63, 3.8) is 0 Å². The number of aromatic nitrogens is 1. The van der Waals surface area contributed by atoms with Crippen LogP contribution in [-0.4, -0.2) is 21.4 Å². The number of carbonyl (C=O) groups is 2. The number of hydrogen-bond acceptors (Lipinski definition) is 2. The minimum atomic E-state index is -1.00. The molecule has 0 aliphatic rings. The first-order valence-electron chi connectivity index (χ1n) is 12.9. The minimum absolute atomic E-state index is 0.185. The molecule has 0 saturated carbocycles. The lowest BCUT2D eigenvalue weighted by molar-refractivity contribution is 0.0696. The largest absolute Gasteiger partial charge is 0.478 e. The number of halogens is 1. The first-order chi connectivity index (χ1) is 19.4. The van der Waals surface area contributed by atoms with E-state index in [0.717, 1.165) is 33.3 Å². The average molecular weight is 529 g/mol. The van der Waals surface area contributed by atoms with Gasteiger partial charge in [-0.05, 0) is 81.6 Å². The van der Waals surface area contributed by atoms with Gasteiger partial charge >= 0.3 is 5.97 Å². The molecule has 0 fully saturated rings. The molecule has 1 amide bonds. The highest BCUT2D eigenvalue weighted by atomic mass is 19.1. The third kappa shape index (κ3) is 5.07. The van der Waals surface area contributed by atoms with Crippen molar-refractivity contribution in [2.45, 2.75) is 13.0 Å². The van der Waals surface area contributed by atoms with E-state index in [0.29, 0.717) is 17.7 Å². The fraction of sp³-hybridized carbons (Fsp3) is 0.0588. The molecular formula is C34H25FN2O3. The Labute approximate surface area is 230 Å². The van der Waals surface area contributed by atoms with E-state index in [9.17, 15) is 14.0 Å². The first-order valence-corrected chi connectivity index (χ1v) is 12.9. The molecule has 0 unspecified atom stereocenters. The summed E-state index contributed by atoms with van der Waals surface area (Å²) in [5, 5.41) is 14.4. The van der Waals surface area contributed by atoms with E-state index in [1.807, 2.05) is 40.8 Å². The van der Waals surface area contributed by atoms with Gasteiger partial charge in [-0.2, -0.15) is 0 Å². The Morgan fingerprint density at radius 3 is 2.27 bits per heavy atom. The van der Waals surface area contributed by atoms with Crippen LogP contribution < -0.4 is 5.32 Å². The SMILES string of the molecule is O=C(O)c1ccc(CNC(=O)c2cc(-c3cccc(F)c3)cc3ccc(Cc4ccc5ccccc5c4)n23)cc1. The zero-order chi connectivity index (χ0) is 27.6. The van der Waals surface area contributed by atoms with Crippen LogP contribution in [0, 0.1) is 5.82 Å². The summed E-state index contributed by atoms with van der Waals surface area (Å²) in [6, 6.07) is 35.0. The molecule has 0 spiro atoms. The molecule has 5 nitrogen and oxygen atoms in total. The Balaban J connectivity index is 1.38. The molecule has 4 aromatic carbocycles. The zero-order valence-electron chi connectivity index (χ0n) is 21.5. The highest BCUT2D eigenvalue weighted by Crippen LogP contribution is 2.27. The quantitative estimate of drug-likeness (QED) is 0.232. The van der Waals surface area contributed by atoms with Crippen LogP contribution in [0.15, 0.2) is 115 Å². The second-order valence-electron chi connectivity index (χ2n) is 9.77. The van der Waals surface area contributed by atoms with Gasteiger partial charge in [-0.25, -0.2) is 9.18 Å². The number of nitrogens with zero attached hydrogens (tertiary/aromatic N) is 1. The summed E-state index contributed by atoms with van der Waals surface area (Å²) in [4.78, 5) is 24.8. The summed E-state index contributed by atoms with van der Waals surface area (Å²) in [6.45, 7) is 0.228. The number of fused-ring (bicyclic) bond motifs is 2. The molecule has 40 heavy (non-hydrogen) atoms. The van der Waals surface area contributed by atoms with Crippen molar-refractivity contribution in [2.75, 3.05) is 0 Å². The number of aromatic carboxylic acids is 1. The summed E-state index contributed by atoms with van der Waals surface area (Å²) < 4.78 is 16.0. The van der Waals surface area contributed by atoms with Gasteiger partial charge in [0, 0.05) is 24.2 Å². The molecule has 0 saturated heterocycles. The molecule has 0 aliphatic heterocycles. The third-order valence-corrected chi connectivity index (χ3v) is 7.07. The second-order valence-corrected chi connectivity index (χ2v) is 9.77. The fourth-order valence-corrected chi connectivity index (χ4v) is 5.05. The van der Waals surface area contributed by atoms with Crippen molar-refractivity contribution in [3.05, 3.63) is 149 Å². The van der Waals surface area contributed by atoms with Crippen LogP contribution in [0.2, 0.25) is 0 Å². The lowest BCUT2D eigenvalue weighted by Crippen LogP contribution is -2.25. The minimum Gasteiger partial charge on any atom is -0.478 e. The first kappa shape index (κ1) is 25.1. The molecule has 2 aromatic heterocycles. The second kappa shape index (κ2) is 10.5. The molecular weight excluding hydrogens is 503 g/mol. The topological polar surface area (TPSA) is 70.8 Å². The maximum absolute atomic E-state index is 14.0. The van der Waals surface area contributed by atoms with Gasteiger partial charge in [0.15, 0.2) is 0 Å². The summed E-state index contributed by atoms with van der Waals surface area (Å²) in [5.41, 5.74) is 5.71. The van der Waals surface area contributed by atoms with Crippen molar-refractivity contribution in [3.8, 4) is 11.1 Å². The van der Waals surface area contributed by atoms with Crippen molar-refractivity contribution in [1.29, 1.82) is 0 Å². The number of carboxylic acid groups (broad SMARTS) is 1. The molecule has 6 aromatic rings. The van der Waals surface area contributed by atoms with E-state index in [1.165, 1.54) is 29.7 Å². The molecule has 0 aliphatic carbocycles. The Bertz CT molecular complexity index is 1890. The zero-order valence-corrected chi connectivity index (χ0v) is 21.5. The van der Waals surface area contributed by atoms with E-state index in [4.69, 9.17) is 5.11 Å². The maximum atomic E-state index is 14.0. The maximum Gasteiger partial charge on any atom is 0.335 e. The lowest BCUT2D eigenvalue weighted by Gasteiger charge is -2.14. The lowest BCUT2D eigenvalue weighted by atomic mass is 10.0. The average Bonchev–Trinajstić information content (AvgIpc) is 3.38. The van der Waals surface area contributed by atoms with Gasteiger partial charge in [-0.1, -0.05) is 66.7 Å². The van der Waals surface area contributed by atoms with Gasteiger partial charge in [0.2, 0.25) is 0 Å². The van der Waals surface area contributed by atoms with Crippen LogP contribution in [-0.2, 0) is 13.0 Å². The standard InChI is InChI=1S/C34H25FN2O3/c35-29-7-3-6-27(18-29)28-19-31-15-14-30(17-23-10-11-24-4-1-2-5-26(24)16-23)37(31)32(20-28)33(38)36-21-22-8-12-25(13-9-22)34(39)40/h1-16,18-20H,17,21H2,(H,36,38)(H,39,40). The Kier molecular flexibility index (Phi) is 6.58.